The van der Waals surface area contributed by atoms with E-state index in [9.17, 15) is 19.8 Å². The molecule has 0 saturated carbocycles. The van der Waals surface area contributed by atoms with Crippen LogP contribution in [0.2, 0.25) is 0 Å². The molecule has 0 radical (unpaired) electrons. The van der Waals surface area contributed by atoms with Gasteiger partial charge in [0, 0.05) is 11.8 Å². The van der Waals surface area contributed by atoms with E-state index in [0.29, 0.717) is 12.8 Å². The van der Waals surface area contributed by atoms with Crippen LogP contribution in [-0.2, 0) is 26.7 Å². The number of benzene rings is 4. The summed E-state index contributed by atoms with van der Waals surface area (Å²) in [6.07, 6.45) is 9.27. The second kappa shape index (κ2) is 21.8. The molecule has 2 unspecified atom stereocenters. The molecule has 0 aromatic heterocycles. The zero-order valence-electron chi connectivity index (χ0n) is 39.0. The van der Waals surface area contributed by atoms with Gasteiger partial charge in [-0.1, -0.05) is 49.3 Å². The van der Waals surface area contributed by atoms with Gasteiger partial charge >= 0.3 is 17.1 Å². The third-order valence-electron chi connectivity index (χ3n) is 11.7. The van der Waals surface area contributed by atoms with Crippen LogP contribution in [0, 0.1) is 67.2 Å². The molecule has 0 heterocycles. The third-order valence-corrected chi connectivity index (χ3v) is 16.6. The molecule has 8 nitrogen and oxygen atoms in total. The van der Waals surface area contributed by atoms with E-state index in [4.69, 9.17) is 18.9 Å². The normalized spacial score (nSPS) is 15.4. The van der Waals surface area contributed by atoms with Gasteiger partial charge < -0.3 is 38.7 Å². The quantitative estimate of drug-likeness (QED) is 0.0925. The molecule has 11 heteroatoms. The van der Waals surface area contributed by atoms with Gasteiger partial charge in [-0.05, 0) is 209 Å². The summed E-state index contributed by atoms with van der Waals surface area (Å²) in [5, 5.41) is 30.6. The van der Waals surface area contributed by atoms with Crippen molar-refractivity contribution in [2.45, 2.75) is 82.1 Å². The van der Waals surface area contributed by atoms with E-state index >= 15 is 0 Å². The van der Waals surface area contributed by atoms with Gasteiger partial charge in [0.15, 0.2) is 0 Å². The summed E-state index contributed by atoms with van der Waals surface area (Å²) in [6.45, 7) is 20.2. The summed E-state index contributed by atoms with van der Waals surface area (Å²) in [7, 11) is 4.55. The number of carboxylic acids is 2. The van der Waals surface area contributed by atoms with Crippen LogP contribution in [0.25, 0.3) is 0 Å². The van der Waals surface area contributed by atoms with Crippen LogP contribution in [0.3, 0.4) is 0 Å². The van der Waals surface area contributed by atoms with Crippen molar-refractivity contribution in [1.29, 1.82) is 0 Å². The fraction of sp³-hybridized carbons (Fsp3) is 0.346. The number of aryl methyl sites for hydroxylation is 8. The maximum Gasteiger partial charge on any atom is 2.00 e. The van der Waals surface area contributed by atoms with Crippen molar-refractivity contribution in [3.8, 4) is 23.0 Å². The molecule has 0 N–H and O–H groups in total. The summed E-state index contributed by atoms with van der Waals surface area (Å²) in [4.78, 5) is 24.4. The standard InChI is InChI=1S/2C26H31O4P.Fe/c2*1-8-19-9-10-22(23(19)26(27)28)31(20-11-15(2)24(29-6)16(3)12-20)21-13-17(4)25(30-7)18(5)14-21;/h2*9-14,23H,8H2,1-7H3,(H,27,28);/q;;+2/p-2. The van der Waals surface area contributed by atoms with Gasteiger partial charge in [-0.2, -0.15) is 0 Å². The van der Waals surface area contributed by atoms with Crippen molar-refractivity contribution in [3.63, 3.8) is 0 Å². The molecule has 2 aliphatic rings. The molecule has 0 aliphatic heterocycles. The van der Waals surface area contributed by atoms with Crippen LogP contribution < -0.4 is 50.4 Å². The van der Waals surface area contributed by atoms with Crippen molar-refractivity contribution in [3.05, 3.63) is 139 Å². The molecule has 4 aromatic rings. The molecule has 2 atom stereocenters. The van der Waals surface area contributed by atoms with Gasteiger partial charge in [-0.25, -0.2) is 0 Å². The Balaban J connectivity index is 0.000000272. The number of hydrogen-bond donors (Lipinski definition) is 0. The second-order valence-electron chi connectivity index (χ2n) is 16.0. The van der Waals surface area contributed by atoms with Gasteiger partial charge in [0.25, 0.3) is 0 Å². The number of carboxylic acid groups (broad SMARTS) is 2. The number of allylic oxidation sites excluding steroid dienone is 4. The fourth-order valence-corrected chi connectivity index (χ4v) is 15.0. The largest absolute Gasteiger partial charge is 2.00 e. The Morgan fingerprint density at radius 1 is 0.444 bits per heavy atom. The van der Waals surface area contributed by atoms with Crippen molar-refractivity contribution in [2.75, 3.05) is 28.4 Å². The van der Waals surface area contributed by atoms with Crippen LogP contribution >= 0.6 is 15.8 Å². The topological polar surface area (TPSA) is 117 Å². The monoisotopic (exact) mass is 930 g/mol. The minimum atomic E-state index is -1.08. The molecule has 0 fully saturated rings. The Morgan fingerprint density at radius 3 is 0.810 bits per heavy atom. The summed E-state index contributed by atoms with van der Waals surface area (Å²) in [6, 6.07) is 17.0. The first-order valence-corrected chi connectivity index (χ1v) is 23.6. The predicted molar refractivity (Wildman–Crippen MR) is 252 cm³/mol. The van der Waals surface area contributed by atoms with Gasteiger partial charge in [0.2, 0.25) is 0 Å². The average Bonchev–Trinajstić information content (AvgIpc) is 3.83. The van der Waals surface area contributed by atoms with Gasteiger partial charge in [0.05, 0.1) is 40.4 Å². The molecular formula is C52H60FeO8P2. The zero-order chi connectivity index (χ0) is 45.7. The number of methoxy groups -OCH3 is 4. The Labute approximate surface area is 387 Å². The number of hydrogen-bond acceptors (Lipinski definition) is 8. The molecule has 0 bridgehead atoms. The molecule has 6 rings (SSSR count). The van der Waals surface area contributed by atoms with E-state index in [0.717, 1.165) is 110 Å². The molecule has 0 amide bonds. The van der Waals surface area contributed by atoms with Crippen LogP contribution in [-0.4, -0.2) is 40.4 Å². The minimum Gasteiger partial charge on any atom is -0.549 e. The SMILES string of the molecule is CCC1=CC=C(P(c2cc(C)c(OC)c(C)c2)c2cc(C)c(OC)c(C)c2)C1C(=O)[O-].CCC1=CC=C(P(c2cc(C)c(OC)c(C)c2)c2cc(C)c(OC)c(C)c2)C1C(=O)[O-].[Fe+2]. The van der Waals surface area contributed by atoms with Crippen molar-refractivity contribution < 1.29 is 55.8 Å². The smallest absolute Gasteiger partial charge is 0.549 e. The first-order valence-electron chi connectivity index (χ1n) is 20.9. The molecule has 334 valence electrons. The Bertz CT molecular complexity index is 2130. The van der Waals surface area contributed by atoms with Crippen LogP contribution in [0.5, 0.6) is 23.0 Å². The number of carbonyl (C=O) groups is 2. The van der Waals surface area contributed by atoms with Crippen molar-refractivity contribution >= 4 is 49.0 Å². The summed E-state index contributed by atoms with van der Waals surface area (Å²) in [5.74, 6) is 0.00895. The molecule has 0 saturated heterocycles. The zero-order valence-corrected chi connectivity index (χ0v) is 41.9. The number of carbonyl (C=O) groups excluding carboxylic acids is 2. The summed E-state index contributed by atoms with van der Waals surface area (Å²) in [5.41, 5.74) is 10.1. The molecule has 0 spiro atoms. The molecule has 4 aromatic carbocycles. The first-order chi connectivity index (χ1) is 29.5. The van der Waals surface area contributed by atoms with Gasteiger partial charge in [-0.15, -0.1) is 0 Å². The average molecular weight is 931 g/mol. The van der Waals surface area contributed by atoms with E-state index in [2.05, 4.69) is 48.5 Å². The van der Waals surface area contributed by atoms with Crippen LogP contribution in [0.15, 0.2) is 94.6 Å². The Hall–Kier alpha value is -4.64. The maximum absolute atomic E-state index is 12.2. The Morgan fingerprint density at radius 2 is 0.651 bits per heavy atom. The fourth-order valence-electron chi connectivity index (χ4n) is 9.15. The van der Waals surface area contributed by atoms with E-state index < -0.39 is 39.6 Å². The molecule has 63 heavy (non-hydrogen) atoms. The van der Waals surface area contributed by atoms with Crippen molar-refractivity contribution in [2.24, 2.45) is 11.8 Å². The number of rotatable bonds is 14. The van der Waals surface area contributed by atoms with E-state index in [1.165, 1.54) is 0 Å². The third kappa shape index (κ3) is 10.5. The first kappa shape index (κ1) is 51.0. The van der Waals surface area contributed by atoms with Crippen LogP contribution in [0.4, 0.5) is 0 Å². The van der Waals surface area contributed by atoms with Gasteiger partial charge in [-0.3, -0.25) is 0 Å². The molecular weight excluding hydrogens is 870 g/mol. The predicted octanol–water partition coefficient (Wildman–Crippen LogP) is 7.94. The molecule has 2 aliphatic carbocycles. The second-order valence-corrected chi connectivity index (χ2v) is 20.4. The van der Waals surface area contributed by atoms with Crippen LogP contribution in [0.1, 0.15) is 71.2 Å². The maximum atomic E-state index is 12.2. The van der Waals surface area contributed by atoms with Gasteiger partial charge in [0.1, 0.15) is 23.0 Å². The van der Waals surface area contributed by atoms with E-state index in [1.807, 2.05) is 93.5 Å². The van der Waals surface area contributed by atoms with E-state index in [1.54, 1.807) is 28.4 Å². The Kier molecular flexibility index (Phi) is 17.7. The minimum absolute atomic E-state index is 0. The number of aliphatic carboxylic acids is 2. The number of ether oxygens (including phenoxy) is 4. The van der Waals surface area contributed by atoms with Crippen molar-refractivity contribution in [1.82, 2.24) is 0 Å². The van der Waals surface area contributed by atoms with E-state index in [-0.39, 0.29) is 17.1 Å². The summed E-state index contributed by atoms with van der Waals surface area (Å²) < 4.78 is 22.3. The summed E-state index contributed by atoms with van der Waals surface area (Å²) >= 11 is 0.